The SMILES string of the molecule is CCCCc1ccc(NCc2ccc(F)c(C#N)c2)cc1. The Bertz CT molecular complexity index is 627. The van der Waals surface area contributed by atoms with Crippen LogP contribution in [0.2, 0.25) is 0 Å². The highest BCUT2D eigenvalue weighted by Crippen LogP contribution is 2.14. The van der Waals surface area contributed by atoms with Crippen LogP contribution in [0.3, 0.4) is 0 Å². The molecule has 108 valence electrons. The van der Waals surface area contributed by atoms with Gasteiger partial charge in [-0.2, -0.15) is 5.26 Å². The molecule has 0 fully saturated rings. The fraction of sp³-hybridized carbons (Fsp3) is 0.278. The molecule has 2 aromatic rings. The van der Waals surface area contributed by atoms with Gasteiger partial charge in [0.25, 0.3) is 0 Å². The summed E-state index contributed by atoms with van der Waals surface area (Å²) >= 11 is 0. The van der Waals surface area contributed by atoms with E-state index in [0.717, 1.165) is 17.7 Å². The lowest BCUT2D eigenvalue weighted by Gasteiger charge is -2.08. The van der Waals surface area contributed by atoms with E-state index in [1.54, 1.807) is 12.1 Å². The normalized spacial score (nSPS) is 10.1. The molecule has 21 heavy (non-hydrogen) atoms. The highest BCUT2D eigenvalue weighted by Gasteiger charge is 2.02. The Morgan fingerprint density at radius 3 is 2.48 bits per heavy atom. The Balaban J connectivity index is 1.95. The van der Waals surface area contributed by atoms with Crippen LogP contribution in [0.4, 0.5) is 10.1 Å². The van der Waals surface area contributed by atoms with Gasteiger partial charge < -0.3 is 5.32 Å². The first-order valence-corrected chi connectivity index (χ1v) is 7.24. The number of nitriles is 1. The molecule has 0 atom stereocenters. The van der Waals surface area contributed by atoms with Crippen LogP contribution >= 0.6 is 0 Å². The maximum atomic E-state index is 13.2. The number of unbranched alkanes of at least 4 members (excludes halogenated alkanes) is 1. The predicted molar refractivity (Wildman–Crippen MR) is 83.5 cm³/mol. The smallest absolute Gasteiger partial charge is 0.140 e. The molecule has 2 nitrogen and oxygen atoms in total. The largest absolute Gasteiger partial charge is 0.381 e. The van der Waals surface area contributed by atoms with Crippen LogP contribution in [-0.4, -0.2) is 0 Å². The van der Waals surface area contributed by atoms with Gasteiger partial charge in [-0.3, -0.25) is 0 Å². The molecule has 0 bridgehead atoms. The Labute approximate surface area is 125 Å². The first kappa shape index (κ1) is 15.1. The van der Waals surface area contributed by atoms with Gasteiger partial charge in [0.2, 0.25) is 0 Å². The number of hydrogen-bond donors (Lipinski definition) is 1. The molecule has 3 heteroatoms. The van der Waals surface area contributed by atoms with Crippen molar-refractivity contribution in [3.63, 3.8) is 0 Å². The second-order valence-electron chi connectivity index (χ2n) is 5.08. The molecular weight excluding hydrogens is 263 g/mol. The Kier molecular flexibility index (Phi) is 5.34. The van der Waals surface area contributed by atoms with Crippen molar-refractivity contribution < 1.29 is 4.39 Å². The van der Waals surface area contributed by atoms with Crippen molar-refractivity contribution in [3.05, 3.63) is 65.0 Å². The summed E-state index contributed by atoms with van der Waals surface area (Å²) in [6.07, 6.45) is 3.52. The quantitative estimate of drug-likeness (QED) is 0.837. The van der Waals surface area contributed by atoms with Gasteiger partial charge in [-0.05, 0) is 48.2 Å². The molecule has 0 aliphatic heterocycles. The summed E-state index contributed by atoms with van der Waals surface area (Å²) in [6, 6.07) is 14.8. The first-order chi connectivity index (χ1) is 10.2. The summed E-state index contributed by atoms with van der Waals surface area (Å²) < 4.78 is 13.2. The van der Waals surface area contributed by atoms with E-state index in [4.69, 9.17) is 5.26 Å². The average Bonchev–Trinajstić information content (AvgIpc) is 2.53. The third-order valence-corrected chi connectivity index (χ3v) is 3.42. The number of nitrogens with one attached hydrogen (secondary N) is 1. The molecule has 0 aliphatic carbocycles. The fourth-order valence-electron chi connectivity index (χ4n) is 2.14. The molecule has 1 N–H and O–H groups in total. The van der Waals surface area contributed by atoms with Crippen LogP contribution in [0.25, 0.3) is 0 Å². The lowest BCUT2D eigenvalue weighted by atomic mass is 10.1. The zero-order valence-corrected chi connectivity index (χ0v) is 12.2. The molecule has 2 aromatic carbocycles. The molecule has 0 unspecified atom stereocenters. The van der Waals surface area contributed by atoms with E-state index in [2.05, 4.69) is 36.5 Å². The number of halogens is 1. The topological polar surface area (TPSA) is 35.8 Å². The Hall–Kier alpha value is -2.34. The van der Waals surface area contributed by atoms with Crippen molar-refractivity contribution >= 4 is 5.69 Å². The fourth-order valence-corrected chi connectivity index (χ4v) is 2.14. The summed E-state index contributed by atoms with van der Waals surface area (Å²) in [6.45, 7) is 2.76. The maximum Gasteiger partial charge on any atom is 0.140 e. The van der Waals surface area contributed by atoms with Gasteiger partial charge >= 0.3 is 0 Å². The van der Waals surface area contributed by atoms with Crippen molar-refractivity contribution in [2.45, 2.75) is 32.7 Å². The van der Waals surface area contributed by atoms with E-state index in [-0.39, 0.29) is 5.56 Å². The summed E-state index contributed by atoms with van der Waals surface area (Å²) in [5, 5.41) is 12.1. The van der Waals surface area contributed by atoms with Gasteiger partial charge in [0, 0.05) is 12.2 Å². The maximum absolute atomic E-state index is 13.2. The van der Waals surface area contributed by atoms with Crippen LogP contribution in [-0.2, 0) is 13.0 Å². The standard InChI is InChI=1S/C18H19FN2/c1-2-3-4-14-5-8-17(9-6-14)21-13-15-7-10-18(19)16(11-15)12-20/h5-11,21H,2-4,13H2,1H3. The minimum atomic E-state index is -0.471. The number of benzene rings is 2. The van der Waals surface area contributed by atoms with E-state index in [0.29, 0.717) is 6.54 Å². The van der Waals surface area contributed by atoms with Crippen molar-refractivity contribution in [2.75, 3.05) is 5.32 Å². The molecular formula is C18H19FN2. The van der Waals surface area contributed by atoms with Crippen molar-refractivity contribution in [1.82, 2.24) is 0 Å². The Morgan fingerprint density at radius 2 is 1.81 bits per heavy atom. The summed E-state index contributed by atoms with van der Waals surface area (Å²) in [7, 11) is 0. The molecule has 0 saturated carbocycles. The van der Waals surface area contributed by atoms with Crippen LogP contribution in [0.15, 0.2) is 42.5 Å². The first-order valence-electron chi connectivity index (χ1n) is 7.24. The second-order valence-corrected chi connectivity index (χ2v) is 5.08. The van der Waals surface area contributed by atoms with Gasteiger partial charge in [-0.15, -0.1) is 0 Å². The van der Waals surface area contributed by atoms with Crippen molar-refractivity contribution in [1.29, 1.82) is 5.26 Å². The molecule has 0 amide bonds. The number of rotatable bonds is 6. The second kappa shape index (κ2) is 7.44. The van der Waals surface area contributed by atoms with E-state index < -0.39 is 5.82 Å². The third kappa shape index (κ3) is 4.32. The zero-order valence-electron chi connectivity index (χ0n) is 12.2. The minimum absolute atomic E-state index is 0.0872. The minimum Gasteiger partial charge on any atom is -0.381 e. The lowest BCUT2D eigenvalue weighted by Crippen LogP contribution is -2.00. The van der Waals surface area contributed by atoms with Gasteiger partial charge in [0.15, 0.2) is 0 Å². The monoisotopic (exact) mass is 282 g/mol. The van der Waals surface area contributed by atoms with E-state index in [9.17, 15) is 4.39 Å². The summed E-state index contributed by atoms with van der Waals surface area (Å²) in [5.74, 6) is -0.471. The predicted octanol–water partition coefficient (Wildman–Crippen LogP) is 4.65. The van der Waals surface area contributed by atoms with E-state index >= 15 is 0 Å². The highest BCUT2D eigenvalue weighted by atomic mass is 19.1. The van der Waals surface area contributed by atoms with Crippen LogP contribution < -0.4 is 5.32 Å². The summed E-state index contributed by atoms with van der Waals surface area (Å²) in [4.78, 5) is 0. The van der Waals surface area contributed by atoms with Gasteiger partial charge in [0.1, 0.15) is 11.9 Å². The number of anilines is 1. The van der Waals surface area contributed by atoms with Gasteiger partial charge in [-0.25, -0.2) is 4.39 Å². The van der Waals surface area contributed by atoms with Gasteiger partial charge in [-0.1, -0.05) is 31.5 Å². The molecule has 0 radical (unpaired) electrons. The van der Waals surface area contributed by atoms with E-state index in [1.165, 1.54) is 24.5 Å². The van der Waals surface area contributed by atoms with Crippen LogP contribution in [0, 0.1) is 17.1 Å². The number of nitrogens with zero attached hydrogens (tertiary/aromatic N) is 1. The molecule has 0 aromatic heterocycles. The average molecular weight is 282 g/mol. The van der Waals surface area contributed by atoms with Crippen molar-refractivity contribution in [3.8, 4) is 6.07 Å². The van der Waals surface area contributed by atoms with Crippen LogP contribution in [0.5, 0.6) is 0 Å². The summed E-state index contributed by atoms with van der Waals surface area (Å²) in [5.41, 5.74) is 3.35. The lowest BCUT2D eigenvalue weighted by molar-refractivity contribution is 0.623. The molecule has 0 spiro atoms. The number of aryl methyl sites for hydroxylation is 1. The molecule has 0 heterocycles. The molecule has 0 aliphatic rings. The van der Waals surface area contributed by atoms with Crippen molar-refractivity contribution in [2.24, 2.45) is 0 Å². The third-order valence-electron chi connectivity index (χ3n) is 3.42. The number of hydrogen-bond acceptors (Lipinski definition) is 2. The molecule has 0 saturated heterocycles. The van der Waals surface area contributed by atoms with E-state index in [1.807, 2.05) is 6.07 Å². The highest BCUT2D eigenvalue weighted by molar-refractivity contribution is 5.45. The van der Waals surface area contributed by atoms with Crippen LogP contribution in [0.1, 0.15) is 36.5 Å². The Morgan fingerprint density at radius 1 is 1.10 bits per heavy atom. The molecule has 2 rings (SSSR count). The zero-order chi connectivity index (χ0) is 15.1. The van der Waals surface area contributed by atoms with Gasteiger partial charge in [0.05, 0.1) is 5.56 Å².